The molecule has 154 valence electrons. The maximum atomic E-state index is 13.4. The summed E-state index contributed by atoms with van der Waals surface area (Å²) in [4.78, 5) is 15.4. The number of aryl methyl sites for hydroxylation is 1. The van der Waals surface area contributed by atoms with E-state index in [1.165, 1.54) is 16.8 Å². The van der Waals surface area contributed by atoms with Gasteiger partial charge in [0.25, 0.3) is 5.91 Å². The monoisotopic (exact) mass is 401 g/mol. The van der Waals surface area contributed by atoms with Crippen molar-refractivity contribution in [2.24, 2.45) is 0 Å². The fourth-order valence-electron chi connectivity index (χ4n) is 4.75. The standard InChI is InChI=1S/C25H27N3O2/c1-17-6-10-20(11-7-17)28-23-5-3-4-22(23)24(26-28)25(29)27-15-14-19(16-27)18-8-12-21(30-2)13-9-18/h6-13,19H,3-5,14-16H2,1-2H3. The van der Waals surface area contributed by atoms with Gasteiger partial charge in [0, 0.05) is 30.3 Å². The van der Waals surface area contributed by atoms with Crippen LogP contribution in [0.15, 0.2) is 48.5 Å². The molecule has 2 aromatic carbocycles. The maximum absolute atomic E-state index is 13.4. The van der Waals surface area contributed by atoms with Gasteiger partial charge in [0.05, 0.1) is 12.8 Å². The van der Waals surface area contributed by atoms with Crippen molar-refractivity contribution >= 4 is 5.91 Å². The highest BCUT2D eigenvalue weighted by Crippen LogP contribution is 2.32. The maximum Gasteiger partial charge on any atom is 0.274 e. The number of methoxy groups -OCH3 is 1. The van der Waals surface area contributed by atoms with Crippen molar-refractivity contribution < 1.29 is 9.53 Å². The summed E-state index contributed by atoms with van der Waals surface area (Å²) in [6.07, 6.45) is 4.00. The average Bonchev–Trinajstić information content (AvgIpc) is 3.51. The van der Waals surface area contributed by atoms with Gasteiger partial charge in [-0.05, 0) is 62.4 Å². The number of ether oxygens (including phenoxy) is 1. The Balaban J connectivity index is 1.39. The zero-order chi connectivity index (χ0) is 20.7. The Kier molecular flexibility index (Phi) is 4.81. The molecular formula is C25H27N3O2. The smallest absolute Gasteiger partial charge is 0.274 e. The molecule has 2 heterocycles. The Morgan fingerprint density at radius 1 is 1.07 bits per heavy atom. The molecule has 0 saturated carbocycles. The molecule has 0 spiro atoms. The van der Waals surface area contributed by atoms with Gasteiger partial charge in [-0.25, -0.2) is 4.68 Å². The number of carbonyl (C=O) groups is 1. The lowest BCUT2D eigenvalue weighted by Crippen LogP contribution is -2.29. The SMILES string of the molecule is COc1ccc(C2CCN(C(=O)c3nn(-c4ccc(C)cc4)c4c3CCC4)C2)cc1. The molecule has 1 atom stereocenters. The number of rotatable bonds is 4. The van der Waals surface area contributed by atoms with Gasteiger partial charge < -0.3 is 9.64 Å². The summed E-state index contributed by atoms with van der Waals surface area (Å²) in [6, 6.07) is 16.6. The molecule has 30 heavy (non-hydrogen) atoms. The Labute approximate surface area is 177 Å². The van der Waals surface area contributed by atoms with Crippen LogP contribution in [-0.4, -0.2) is 40.8 Å². The van der Waals surface area contributed by atoms with E-state index in [2.05, 4.69) is 43.3 Å². The number of nitrogens with zero attached hydrogens (tertiary/aromatic N) is 3. The lowest BCUT2D eigenvalue weighted by molar-refractivity contribution is 0.0783. The quantitative estimate of drug-likeness (QED) is 0.655. The number of carbonyl (C=O) groups excluding carboxylic acids is 1. The molecule has 1 saturated heterocycles. The predicted octanol–water partition coefficient (Wildman–Crippen LogP) is 4.31. The van der Waals surface area contributed by atoms with Crippen LogP contribution in [0.25, 0.3) is 5.69 Å². The number of hydrogen-bond acceptors (Lipinski definition) is 3. The number of benzene rings is 2. The van der Waals surface area contributed by atoms with Gasteiger partial charge in [0.15, 0.2) is 5.69 Å². The molecule has 1 aliphatic heterocycles. The predicted molar refractivity (Wildman–Crippen MR) is 117 cm³/mol. The molecule has 5 rings (SSSR count). The highest BCUT2D eigenvalue weighted by atomic mass is 16.5. The summed E-state index contributed by atoms with van der Waals surface area (Å²) in [6.45, 7) is 3.61. The van der Waals surface area contributed by atoms with Crippen molar-refractivity contribution in [3.8, 4) is 11.4 Å². The molecule has 1 aromatic heterocycles. The topological polar surface area (TPSA) is 47.4 Å². The summed E-state index contributed by atoms with van der Waals surface area (Å²) >= 11 is 0. The van der Waals surface area contributed by atoms with Crippen LogP contribution < -0.4 is 4.74 Å². The second kappa shape index (κ2) is 7.63. The van der Waals surface area contributed by atoms with Crippen LogP contribution >= 0.6 is 0 Å². The van der Waals surface area contributed by atoms with E-state index in [4.69, 9.17) is 9.84 Å². The molecule has 0 bridgehead atoms. The third-order valence-corrected chi connectivity index (χ3v) is 6.47. The summed E-state index contributed by atoms with van der Waals surface area (Å²) in [5.41, 5.74) is 6.53. The average molecular weight is 402 g/mol. The van der Waals surface area contributed by atoms with Crippen molar-refractivity contribution in [1.29, 1.82) is 0 Å². The zero-order valence-electron chi connectivity index (χ0n) is 17.6. The normalized spacial score (nSPS) is 17.9. The van der Waals surface area contributed by atoms with Crippen molar-refractivity contribution in [1.82, 2.24) is 14.7 Å². The van der Waals surface area contributed by atoms with Gasteiger partial charge in [-0.2, -0.15) is 5.10 Å². The molecule has 3 aromatic rings. The van der Waals surface area contributed by atoms with Crippen LogP contribution in [0.3, 0.4) is 0 Å². The first kappa shape index (κ1) is 18.9. The van der Waals surface area contributed by atoms with Crippen LogP contribution in [0, 0.1) is 6.92 Å². The van der Waals surface area contributed by atoms with Crippen molar-refractivity contribution in [3.05, 3.63) is 76.6 Å². The summed E-state index contributed by atoms with van der Waals surface area (Å²) < 4.78 is 7.25. The summed E-state index contributed by atoms with van der Waals surface area (Å²) in [7, 11) is 1.68. The summed E-state index contributed by atoms with van der Waals surface area (Å²) in [5, 5.41) is 4.81. The van der Waals surface area contributed by atoms with Crippen molar-refractivity contribution in [3.63, 3.8) is 0 Å². The lowest BCUT2D eigenvalue weighted by Gasteiger charge is -2.16. The van der Waals surface area contributed by atoms with E-state index in [9.17, 15) is 4.79 Å². The Morgan fingerprint density at radius 3 is 2.57 bits per heavy atom. The third kappa shape index (κ3) is 3.28. The van der Waals surface area contributed by atoms with E-state index in [-0.39, 0.29) is 5.91 Å². The minimum absolute atomic E-state index is 0.0787. The summed E-state index contributed by atoms with van der Waals surface area (Å²) in [5.74, 6) is 1.31. The number of hydrogen-bond donors (Lipinski definition) is 0. The molecular weight excluding hydrogens is 374 g/mol. The van der Waals surface area contributed by atoms with Crippen LogP contribution in [0.1, 0.15) is 51.6 Å². The molecule has 5 nitrogen and oxygen atoms in total. The minimum atomic E-state index is 0.0787. The molecule has 0 radical (unpaired) electrons. The number of fused-ring (bicyclic) bond motifs is 1. The number of amides is 1. The number of likely N-dealkylation sites (tertiary alicyclic amines) is 1. The second-order valence-electron chi connectivity index (χ2n) is 8.38. The van der Waals surface area contributed by atoms with Gasteiger partial charge in [0.2, 0.25) is 0 Å². The Bertz CT molecular complexity index is 1070. The van der Waals surface area contributed by atoms with E-state index in [1.54, 1.807) is 7.11 Å². The van der Waals surface area contributed by atoms with Crippen LogP contribution in [0.2, 0.25) is 0 Å². The fourth-order valence-corrected chi connectivity index (χ4v) is 4.75. The fraction of sp³-hybridized carbons (Fsp3) is 0.360. The second-order valence-corrected chi connectivity index (χ2v) is 8.38. The van der Waals surface area contributed by atoms with Gasteiger partial charge in [-0.3, -0.25) is 4.79 Å². The van der Waals surface area contributed by atoms with Crippen LogP contribution in [0.4, 0.5) is 0 Å². The zero-order valence-corrected chi connectivity index (χ0v) is 17.6. The minimum Gasteiger partial charge on any atom is -0.497 e. The van der Waals surface area contributed by atoms with Crippen molar-refractivity contribution in [2.75, 3.05) is 20.2 Å². The largest absolute Gasteiger partial charge is 0.497 e. The lowest BCUT2D eigenvalue weighted by atomic mass is 9.98. The molecule has 1 amide bonds. The molecule has 1 fully saturated rings. The van der Waals surface area contributed by atoms with E-state index < -0.39 is 0 Å². The van der Waals surface area contributed by atoms with Gasteiger partial charge in [0.1, 0.15) is 5.75 Å². The first-order valence-corrected chi connectivity index (χ1v) is 10.7. The van der Waals surface area contributed by atoms with Crippen LogP contribution in [0.5, 0.6) is 5.75 Å². The first-order chi connectivity index (χ1) is 14.6. The third-order valence-electron chi connectivity index (χ3n) is 6.47. The van der Waals surface area contributed by atoms with Gasteiger partial charge in [-0.15, -0.1) is 0 Å². The van der Waals surface area contributed by atoms with Crippen LogP contribution in [-0.2, 0) is 12.8 Å². The number of aromatic nitrogens is 2. The van der Waals surface area contributed by atoms with E-state index in [0.29, 0.717) is 11.6 Å². The molecule has 2 aliphatic rings. The molecule has 5 heteroatoms. The Hall–Kier alpha value is -3.08. The highest BCUT2D eigenvalue weighted by molar-refractivity contribution is 5.94. The van der Waals surface area contributed by atoms with Crippen molar-refractivity contribution in [2.45, 2.75) is 38.5 Å². The van der Waals surface area contributed by atoms with Gasteiger partial charge in [-0.1, -0.05) is 29.8 Å². The van der Waals surface area contributed by atoms with E-state index >= 15 is 0 Å². The first-order valence-electron chi connectivity index (χ1n) is 10.7. The molecule has 1 unspecified atom stereocenters. The van der Waals surface area contributed by atoms with E-state index in [0.717, 1.165) is 55.8 Å². The molecule has 1 aliphatic carbocycles. The Morgan fingerprint density at radius 2 is 1.83 bits per heavy atom. The molecule has 0 N–H and O–H groups in total. The highest BCUT2D eigenvalue weighted by Gasteiger charge is 2.33. The van der Waals surface area contributed by atoms with Gasteiger partial charge >= 0.3 is 0 Å². The van der Waals surface area contributed by atoms with E-state index in [1.807, 2.05) is 21.7 Å².